The summed E-state index contributed by atoms with van der Waals surface area (Å²) in [6.07, 6.45) is 0. The van der Waals surface area contributed by atoms with Crippen LogP contribution in [0, 0.1) is 5.82 Å². The van der Waals surface area contributed by atoms with E-state index in [9.17, 15) is 14.0 Å². The Hall–Kier alpha value is -2.50. The SMILES string of the molecule is O=C(c1ccc(F)cc1)c1ccc(OC(=O)c2ccc(Cl)s2)cc1. The summed E-state index contributed by atoms with van der Waals surface area (Å²) in [5, 5.41) is 0. The molecule has 3 nitrogen and oxygen atoms in total. The van der Waals surface area contributed by atoms with Gasteiger partial charge in [0, 0.05) is 11.1 Å². The Morgan fingerprint density at radius 2 is 1.46 bits per heavy atom. The van der Waals surface area contributed by atoms with Crippen LogP contribution in [0.4, 0.5) is 4.39 Å². The molecule has 0 N–H and O–H groups in total. The van der Waals surface area contributed by atoms with E-state index < -0.39 is 11.8 Å². The summed E-state index contributed by atoms with van der Waals surface area (Å²) in [6, 6.07) is 14.7. The van der Waals surface area contributed by atoms with E-state index in [-0.39, 0.29) is 5.78 Å². The lowest BCUT2D eigenvalue weighted by atomic mass is 10.0. The Morgan fingerprint density at radius 1 is 0.875 bits per heavy atom. The number of carbonyl (C=O) groups is 2. The molecule has 0 saturated carbocycles. The lowest BCUT2D eigenvalue weighted by molar-refractivity contribution is 0.0740. The van der Waals surface area contributed by atoms with Crippen LogP contribution in [0.1, 0.15) is 25.6 Å². The predicted molar refractivity (Wildman–Crippen MR) is 90.6 cm³/mol. The topological polar surface area (TPSA) is 43.4 Å². The van der Waals surface area contributed by atoms with Crippen LogP contribution < -0.4 is 4.74 Å². The van der Waals surface area contributed by atoms with Crippen molar-refractivity contribution in [1.29, 1.82) is 0 Å². The van der Waals surface area contributed by atoms with Crippen LogP contribution in [-0.2, 0) is 0 Å². The van der Waals surface area contributed by atoms with Crippen molar-refractivity contribution in [3.05, 3.63) is 86.8 Å². The summed E-state index contributed by atoms with van der Waals surface area (Å²) in [5.74, 6) is -0.829. The number of hydrogen-bond donors (Lipinski definition) is 0. The molecule has 0 fully saturated rings. The van der Waals surface area contributed by atoms with Gasteiger partial charge in [0.05, 0.1) is 4.34 Å². The summed E-state index contributed by atoms with van der Waals surface area (Å²) in [4.78, 5) is 24.6. The van der Waals surface area contributed by atoms with Gasteiger partial charge in [-0.1, -0.05) is 11.6 Å². The molecule has 6 heteroatoms. The summed E-state index contributed by atoms with van der Waals surface area (Å²) in [7, 11) is 0. The van der Waals surface area contributed by atoms with Gasteiger partial charge in [-0.15, -0.1) is 11.3 Å². The van der Waals surface area contributed by atoms with Crippen molar-refractivity contribution < 1.29 is 18.7 Å². The molecule has 0 aliphatic carbocycles. The number of benzene rings is 2. The molecule has 3 aromatic rings. The van der Waals surface area contributed by atoms with Crippen molar-refractivity contribution in [3.63, 3.8) is 0 Å². The highest BCUT2D eigenvalue weighted by Gasteiger charge is 2.13. The van der Waals surface area contributed by atoms with E-state index in [1.165, 1.54) is 36.4 Å². The van der Waals surface area contributed by atoms with Gasteiger partial charge in [0.15, 0.2) is 5.78 Å². The number of ketones is 1. The molecule has 120 valence electrons. The number of esters is 1. The van der Waals surface area contributed by atoms with Gasteiger partial charge >= 0.3 is 5.97 Å². The minimum atomic E-state index is -0.510. The average molecular weight is 361 g/mol. The first-order valence-corrected chi connectivity index (χ1v) is 8.10. The normalized spacial score (nSPS) is 10.4. The van der Waals surface area contributed by atoms with Crippen molar-refractivity contribution in [2.45, 2.75) is 0 Å². The molecule has 0 bridgehead atoms. The summed E-state index contributed by atoms with van der Waals surface area (Å²) >= 11 is 6.91. The number of thiophene rings is 1. The molecule has 0 atom stereocenters. The molecular weight excluding hydrogens is 351 g/mol. The lowest BCUT2D eigenvalue weighted by Crippen LogP contribution is -2.07. The first-order valence-electron chi connectivity index (χ1n) is 6.91. The zero-order chi connectivity index (χ0) is 17.1. The standard InChI is InChI=1S/C18H10ClFO3S/c19-16-10-9-15(24-16)18(22)23-14-7-3-12(4-8-14)17(21)11-1-5-13(20)6-2-11/h1-10H. The van der Waals surface area contributed by atoms with Gasteiger partial charge in [-0.05, 0) is 60.7 Å². The molecule has 0 aliphatic heterocycles. The summed E-state index contributed by atoms with van der Waals surface area (Å²) in [6.45, 7) is 0. The first-order chi connectivity index (χ1) is 11.5. The number of ether oxygens (including phenoxy) is 1. The Labute approximate surface area is 146 Å². The van der Waals surface area contributed by atoms with Gasteiger partial charge in [-0.2, -0.15) is 0 Å². The van der Waals surface area contributed by atoms with E-state index in [1.54, 1.807) is 24.3 Å². The molecule has 0 radical (unpaired) electrons. The molecular formula is C18H10ClFO3S. The van der Waals surface area contributed by atoms with Gasteiger partial charge in [-0.25, -0.2) is 9.18 Å². The third kappa shape index (κ3) is 3.69. The van der Waals surface area contributed by atoms with Crippen LogP contribution in [-0.4, -0.2) is 11.8 Å². The second kappa shape index (κ2) is 6.95. The van der Waals surface area contributed by atoms with Crippen LogP contribution in [0.25, 0.3) is 0 Å². The van der Waals surface area contributed by atoms with Crippen LogP contribution in [0.2, 0.25) is 4.34 Å². The van der Waals surface area contributed by atoms with Crippen LogP contribution >= 0.6 is 22.9 Å². The fourth-order valence-corrected chi connectivity index (χ4v) is 2.94. The third-order valence-corrected chi connectivity index (χ3v) is 4.42. The molecule has 0 amide bonds. The maximum absolute atomic E-state index is 12.9. The minimum absolute atomic E-state index is 0.238. The maximum atomic E-state index is 12.9. The number of hydrogen-bond acceptors (Lipinski definition) is 4. The predicted octanol–water partition coefficient (Wildman–Crippen LogP) is 4.99. The Kier molecular flexibility index (Phi) is 4.74. The van der Waals surface area contributed by atoms with Crippen molar-refractivity contribution in [1.82, 2.24) is 0 Å². The molecule has 0 unspecified atom stereocenters. The molecule has 0 spiro atoms. The molecule has 2 aromatic carbocycles. The maximum Gasteiger partial charge on any atom is 0.353 e. The highest BCUT2D eigenvalue weighted by Crippen LogP contribution is 2.23. The monoisotopic (exact) mass is 360 g/mol. The van der Waals surface area contributed by atoms with Crippen molar-refractivity contribution in [3.8, 4) is 5.75 Å². The average Bonchev–Trinajstić information content (AvgIpc) is 3.02. The van der Waals surface area contributed by atoms with Crippen LogP contribution in [0.3, 0.4) is 0 Å². The fraction of sp³-hybridized carbons (Fsp3) is 0. The molecule has 1 heterocycles. The molecule has 0 saturated heterocycles. The Bertz CT molecular complexity index is 885. The largest absolute Gasteiger partial charge is 0.422 e. The van der Waals surface area contributed by atoms with Crippen molar-refractivity contribution >= 4 is 34.7 Å². The number of halogens is 2. The third-order valence-electron chi connectivity index (χ3n) is 3.21. The van der Waals surface area contributed by atoms with E-state index in [0.717, 1.165) is 11.3 Å². The van der Waals surface area contributed by atoms with Gasteiger partial charge in [0.25, 0.3) is 0 Å². The van der Waals surface area contributed by atoms with E-state index >= 15 is 0 Å². The highest BCUT2D eigenvalue weighted by molar-refractivity contribution is 7.17. The lowest BCUT2D eigenvalue weighted by Gasteiger charge is -2.05. The van der Waals surface area contributed by atoms with Crippen molar-refractivity contribution in [2.24, 2.45) is 0 Å². The first kappa shape index (κ1) is 16.4. The van der Waals surface area contributed by atoms with Gasteiger partial charge < -0.3 is 4.74 Å². The minimum Gasteiger partial charge on any atom is -0.422 e. The summed E-state index contributed by atoms with van der Waals surface area (Å²) in [5.41, 5.74) is 0.801. The highest BCUT2D eigenvalue weighted by atomic mass is 35.5. The van der Waals surface area contributed by atoms with Crippen LogP contribution in [0.5, 0.6) is 5.75 Å². The Morgan fingerprint density at radius 3 is 2.00 bits per heavy atom. The van der Waals surface area contributed by atoms with Crippen molar-refractivity contribution in [2.75, 3.05) is 0 Å². The Balaban J connectivity index is 1.72. The summed E-state index contributed by atoms with van der Waals surface area (Å²) < 4.78 is 18.6. The van der Waals surface area contributed by atoms with E-state index in [4.69, 9.17) is 16.3 Å². The molecule has 0 aliphatic rings. The van der Waals surface area contributed by atoms with E-state index in [0.29, 0.717) is 26.1 Å². The molecule has 3 rings (SSSR count). The zero-order valence-electron chi connectivity index (χ0n) is 12.2. The smallest absolute Gasteiger partial charge is 0.353 e. The fourth-order valence-electron chi connectivity index (χ4n) is 2.02. The van der Waals surface area contributed by atoms with E-state index in [1.807, 2.05) is 0 Å². The quantitative estimate of drug-likeness (QED) is 0.374. The second-order valence-corrected chi connectivity index (χ2v) is 6.57. The zero-order valence-corrected chi connectivity index (χ0v) is 13.7. The number of carbonyl (C=O) groups excluding carboxylic acids is 2. The van der Waals surface area contributed by atoms with Gasteiger partial charge in [0.1, 0.15) is 16.4 Å². The molecule has 24 heavy (non-hydrogen) atoms. The van der Waals surface area contributed by atoms with Gasteiger partial charge in [-0.3, -0.25) is 4.79 Å². The van der Waals surface area contributed by atoms with Gasteiger partial charge in [0.2, 0.25) is 0 Å². The van der Waals surface area contributed by atoms with Crippen LogP contribution in [0.15, 0.2) is 60.7 Å². The second-order valence-electron chi connectivity index (χ2n) is 4.85. The number of rotatable bonds is 4. The molecule has 1 aromatic heterocycles. The van der Waals surface area contributed by atoms with E-state index in [2.05, 4.69) is 0 Å².